The van der Waals surface area contributed by atoms with Gasteiger partial charge in [-0.3, -0.25) is 9.59 Å². The fraction of sp³-hybridized carbons (Fsp3) is 0.444. The predicted octanol–water partition coefficient (Wildman–Crippen LogP) is 4.46. The highest BCUT2D eigenvalue weighted by Gasteiger charge is 2.32. The van der Waals surface area contributed by atoms with E-state index < -0.39 is 12.1 Å². The standard InChI is InChI=1S/C27H32N2O5/c30-25(31)15-8-16-28-26(32)22-13-2-1-3-14-24(22)29-27(33)34-17-23-20-11-6-4-9-18(20)19-10-5-7-12-21(19)23/h4-7,9-12,22-24H,1-3,8,13-17H2,(H,28,32)(H,29,33)(H,30,31)/t22-,24+/m0/s1. The van der Waals surface area contributed by atoms with Crippen LogP contribution >= 0.6 is 0 Å². The third kappa shape index (κ3) is 5.58. The summed E-state index contributed by atoms with van der Waals surface area (Å²) >= 11 is 0. The van der Waals surface area contributed by atoms with E-state index in [-0.39, 0.29) is 36.8 Å². The van der Waals surface area contributed by atoms with E-state index in [1.165, 1.54) is 11.1 Å². The van der Waals surface area contributed by atoms with Gasteiger partial charge < -0.3 is 20.5 Å². The van der Waals surface area contributed by atoms with E-state index in [9.17, 15) is 14.4 Å². The number of hydrogen-bond acceptors (Lipinski definition) is 4. The van der Waals surface area contributed by atoms with E-state index in [0.29, 0.717) is 19.4 Å². The summed E-state index contributed by atoms with van der Waals surface area (Å²) in [4.78, 5) is 36.2. The summed E-state index contributed by atoms with van der Waals surface area (Å²) in [6.07, 6.45) is 4.21. The Morgan fingerprint density at radius 1 is 0.912 bits per heavy atom. The number of hydrogen-bond donors (Lipinski definition) is 3. The molecule has 0 heterocycles. The highest BCUT2D eigenvalue weighted by molar-refractivity contribution is 5.81. The van der Waals surface area contributed by atoms with Crippen LogP contribution in [0.2, 0.25) is 0 Å². The maximum Gasteiger partial charge on any atom is 0.407 e. The lowest BCUT2D eigenvalue weighted by Crippen LogP contribution is -2.47. The second-order valence-corrected chi connectivity index (χ2v) is 9.11. The summed E-state index contributed by atoms with van der Waals surface area (Å²) in [5.41, 5.74) is 4.67. The summed E-state index contributed by atoms with van der Waals surface area (Å²) in [6, 6.07) is 16.1. The lowest BCUT2D eigenvalue weighted by atomic mass is 9.94. The first kappa shape index (κ1) is 23.8. The number of amides is 2. The Morgan fingerprint density at radius 3 is 2.24 bits per heavy atom. The van der Waals surface area contributed by atoms with Crippen LogP contribution in [0.25, 0.3) is 11.1 Å². The Hall–Kier alpha value is -3.35. The number of carboxylic acids is 1. The molecule has 2 aromatic carbocycles. The van der Waals surface area contributed by atoms with Crippen LogP contribution in [0, 0.1) is 5.92 Å². The van der Waals surface area contributed by atoms with Crippen LogP contribution in [0.3, 0.4) is 0 Å². The monoisotopic (exact) mass is 464 g/mol. The fourth-order valence-electron chi connectivity index (χ4n) is 5.17. The van der Waals surface area contributed by atoms with Gasteiger partial charge in [0.05, 0.1) is 5.92 Å². The molecule has 180 valence electrons. The molecule has 0 unspecified atom stereocenters. The van der Waals surface area contributed by atoms with Crippen LogP contribution in [0.15, 0.2) is 48.5 Å². The zero-order valence-corrected chi connectivity index (χ0v) is 19.3. The van der Waals surface area contributed by atoms with Gasteiger partial charge in [-0.2, -0.15) is 0 Å². The van der Waals surface area contributed by atoms with Crippen molar-refractivity contribution in [3.05, 3.63) is 59.7 Å². The number of carbonyl (C=O) groups excluding carboxylic acids is 2. The van der Waals surface area contributed by atoms with Gasteiger partial charge in [-0.15, -0.1) is 0 Å². The highest BCUT2D eigenvalue weighted by Crippen LogP contribution is 2.44. The molecule has 3 N–H and O–H groups in total. The molecule has 1 saturated carbocycles. The van der Waals surface area contributed by atoms with E-state index in [1.54, 1.807) is 0 Å². The average Bonchev–Trinajstić information content (AvgIpc) is 2.96. The smallest absolute Gasteiger partial charge is 0.407 e. The van der Waals surface area contributed by atoms with Crippen LogP contribution in [-0.4, -0.2) is 42.3 Å². The van der Waals surface area contributed by atoms with Crippen molar-refractivity contribution in [3.8, 4) is 11.1 Å². The van der Waals surface area contributed by atoms with E-state index in [4.69, 9.17) is 9.84 Å². The van der Waals surface area contributed by atoms with Crippen LogP contribution < -0.4 is 10.6 Å². The molecule has 0 spiro atoms. The first-order valence-corrected chi connectivity index (χ1v) is 12.2. The summed E-state index contributed by atoms with van der Waals surface area (Å²) in [6.45, 7) is 0.554. The molecule has 34 heavy (non-hydrogen) atoms. The molecule has 0 radical (unpaired) electrons. The maximum absolute atomic E-state index is 12.8. The minimum Gasteiger partial charge on any atom is -0.481 e. The summed E-state index contributed by atoms with van der Waals surface area (Å²) in [7, 11) is 0. The topological polar surface area (TPSA) is 105 Å². The molecule has 2 aliphatic rings. The van der Waals surface area contributed by atoms with Crippen LogP contribution in [0.4, 0.5) is 4.79 Å². The average molecular weight is 465 g/mol. The zero-order valence-electron chi connectivity index (χ0n) is 19.3. The summed E-state index contributed by atoms with van der Waals surface area (Å²) in [5, 5.41) is 14.6. The number of fused-ring (bicyclic) bond motifs is 3. The second kappa shape index (κ2) is 11.2. The third-order valence-corrected chi connectivity index (χ3v) is 6.87. The van der Waals surface area contributed by atoms with Crippen molar-refractivity contribution >= 4 is 18.0 Å². The molecule has 2 aliphatic carbocycles. The molecule has 7 heteroatoms. The molecule has 2 amide bonds. The number of carboxylic acid groups (broad SMARTS) is 1. The Labute approximate surface area is 199 Å². The maximum atomic E-state index is 12.8. The van der Waals surface area contributed by atoms with Gasteiger partial charge in [0.1, 0.15) is 6.61 Å². The largest absolute Gasteiger partial charge is 0.481 e. The number of alkyl carbamates (subject to hydrolysis) is 1. The van der Waals surface area contributed by atoms with Crippen molar-refractivity contribution in [2.24, 2.45) is 5.92 Å². The molecule has 0 bridgehead atoms. The first-order valence-electron chi connectivity index (χ1n) is 12.2. The summed E-state index contributed by atoms with van der Waals surface area (Å²) in [5.74, 6) is -1.36. The van der Waals surface area contributed by atoms with Crippen molar-refractivity contribution in [2.75, 3.05) is 13.2 Å². The Balaban J connectivity index is 1.36. The van der Waals surface area contributed by atoms with Gasteiger partial charge in [0.25, 0.3) is 0 Å². The Bertz CT molecular complexity index is 992. The van der Waals surface area contributed by atoms with Crippen molar-refractivity contribution in [2.45, 2.75) is 56.9 Å². The lowest BCUT2D eigenvalue weighted by Gasteiger charge is -2.25. The number of rotatable bonds is 8. The second-order valence-electron chi connectivity index (χ2n) is 9.11. The van der Waals surface area contributed by atoms with Crippen LogP contribution in [0.1, 0.15) is 62.0 Å². The molecule has 4 rings (SSSR count). The Kier molecular flexibility index (Phi) is 7.83. The van der Waals surface area contributed by atoms with E-state index in [2.05, 4.69) is 34.9 Å². The minimum atomic E-state index is -0.876. The van der Waals surface area contributed by atoms with Gasteiger partial charge in [0.15, 0.2) is 0 Å². The Morgan fingerprint density at radius 2 is 1.56 bits per heavy atom. The summed E-state index contributed by atoms with van der Waals surface area (Å²) < 4.78 is 5.69. The normalized spacial score (nSPS) is 19.4. The number of benzene rings is 2. The SMILES string of the molecule is O=C(O)CCCNC(=O)[C@H]1CCCCC[C@H]1NC(=O)OCC1c2ccccc2-c2ccccc21. The number of aliphatic carboxylic acids is 1. The quantitative estimate of drug-likeness (QED) is 0.395. The number of nitrogens with one attached hydrogen (secondary N) is 2. The van der Waals surface area contributed by atoms with Gasteiger partial charge in [0, 0.05) is 24.9 Å². The van der Waals surface area contributed by atoms with Gasteiger partial charge in [-0.1, -0.05) is 67.8 Å². The van der Waals surface area contributed by atoms with Crippen molar-refractivity contribution < 1.29 is 24.2 Å². The van der Waals surface area contributed by atoms with Crippen molar-refractivity contribution in [1.82, 2.24) is 10.6 Å². The molecule has 0 aromatic heterocycles. The molecule has 0 saturated heterocycles. The third-order valence-electron chi connectivity index (χ3n) is 6.87. The van der Waals surface area contributed by atoms with Crippen LogP contribution in [-0.2, 0) is 14.3 Å². The number of carbonyl (C=O) groups is 3. The number of ether oxygens (including phenoxy) is 1. The van der Waals surface area contributed by atoms with Gasteiger partial charge in [-0.25, -0.2) is 4.79 Å². The van der Waals surface area contributed by atoms with Crippen molar-refractivity contribution in [3.63, 3.8) is 0 Å². The van der Waals surface area contributed by atoms with Gasteiger partial charge >= 0.3 is 12.1 Å². The van der Waals surface area contributed by atoms with E-state index in [0.717, 1.165) is 36.8 Å². The molecule has 0 aliphatic heterocycles. The lowest BCUT2D eigenvalue weighted by molar-refractivity contribution is -0.137. The van der Waals surface area contributed by atoms with E-state index in [1.807, 2.05) is 24.3 Å². The van der Waals surface area contributed by atoms with E-state index >= 15 is 0 Å². The molecular weight excluding hydrogens is 432 g/mol. The zero-order chi connectivity index (χ0) is 23.9. The van der Waals surface area contributed by atoms with Gasteiger partial charge in [-0.05, 0) is 41.5 Å². The fourth-order valence-corrected chi connectivity index (χ4v) is 5.17. The van der Waals surface area contributed by atoms with Crippen molar-refractivity contribution in [1.29, 1.82) is 0 Å². The highest BCUT2D eigenvalue weighted by atomic mass is 16.5. The molecular formula is C27H32N2O5. The molecule has 2 aromatic rings. The minimum absolute atomic E-state index is 0.0133. The molecule has 7 nitrogen and oxygen atoms in total. The van der Waals surface area contributed by atoms with Gasteiger partial charge in [0.2, 0.25) is 5.91 Å². The first-order chi connectivity index (χ1) is 16.5. The molecule has 1 fully saturated rings. The van der Waals surface area contributed by atoms with Crippen LogP contribution in [0.5, 0.6) is 0 Å². The predicted molar refractivity (Wildman–Crippen MR) is 128 cm³/mol. The molecule has 2 atom stereocenters.